The van der Waals surface area contributed by atoms with E-state index in [1.165, 1.54) is 23.1 Å². The van der Waals surface area contributed by atoms with Crippen molar-refractivity contribution < 1.29 is 18.0 Å². The van der Waals surface area contributed by atoms with Crippen LogP contribution in [0.4, 0.5) is 0 Å². The van der Waals surface area contributed by atoms with Gasteiger partial charge >= 0.3 is 0 Å². The Morgan fingerprint density at radius 1 is 0.973 bits per heavy atom. The van der Waals surface area contributed by atoms with Crippen molar-refractivity contribution in [3.63, 3.8) is 0 Å². The van der Waals surface area contributed by atoms with E-state index in [0.29, 0.717) is 25.7 Å². The molecule has 1 saturated heterocycles. The van der Waals surface area contributed by atoms with Crippen LogP contribution in [0.3, 0.4) is 0 Å². The predicted octanol–water partition coefficient (Wildman–Crippen LogP) is 3.56. The normalized spacial score (nSPS) is 23.0. The summed E-state index contributed by atoms with van der Waals surface area (Å²) < 4.78 is 28.6. The van der Waals surface area contributed by atoms with Gasteiger partial charge in [-0.25, -0.2) is 8.42 Å². The molecule has 37 heavy (non-hydrogen) atoms. The molecular weight excluding hydrogens is 535 g/mol. The number of amides is 2. The summed E-state index contributed by atoms with van der Waals surface area (Å²) in [6.07, 6.45) is 2.73. The zero-order valence-corrected chi connectivity index (χ0v) is 22.8. The number of hydrogen-bond donors (Lipinski definition) is 2. The highest BCUT2D eigenvalue weighted by atomic mass is 35.5. The Morgan fingerprint density at radius 2 is 1.68 bits per heavy atom. The molecule has 11 heteroatoms. The van der Waals surface area contributed by atoms with Crippen molar-refractivity contribution in [2.24, 2.45) is 5.73 Å². The molecule has 2 aliphatic rings. The number of rotatable bonds is 7. The number of sulfonamides is 1. The van der Waals surface area contributed by atoms with Gasteiger partial charge in [0.15, 0.2) is 6.17 Å². The first-order chi connectivity index (χ1) is 17.7. The van der Waals surface area contributed by atoms with Crippen LogP contribution < -0.4 is 11.1 Å². The largest absolute Gasteiger partial charge is 0.350 e. The van der Waals surface area contributed by atoms with Crippen LogP contribution in [0.1, 0.15) is 44.1 Å². The van der Waals surface area contributed by atoms with Gasteiger partial charge < -0.3 is 16.0 Å². The lowest BCUT2D eigenvalue weighted by Crippen LogP contribution is -2.64. The van der Waals surface area contributed by atoms with Crippen LogP contribution in [-0.4, -0.2) is 60.8 Å². The number of carbonyl (C=O) groups excluding carboxylic acids is 2. The van der Waals surface area contributed by atoms with E-state index < -0.39 is 22.1 Å². The summed E-state index contributed by atoms with van der Waals surface area (Å²) in [6.45, 7) is 0.382. The summed E-state index contributed by atoms with van der Waals surface area (Å²) in [7, 11) is -4.16. The molecule has 200 valence electrons. The Bertz CT molecular complexity index is 1220. The maximum Gasteiger partial charge on any atom is 0.259 e. The zero-order chi connectivity index (χ0) is 26.6. The quantitative estimate of drug-likeness (QED) is 0.532. The molecule has 1 heterocycles. The van der Waals surface area contributed by atoms with Gasteiger partial charge in [0.2, 0.25) is 15.9 Å². The maximum absolute atomic E-state index is 13.7. The number of hydrogen-bond acceptors (Lipinski definition) is 5. The molecule has 1 saturated carbocycles. The number of nitrogens with one attached hydrogen (secondary N) is 1. The van der Waals surface area contributed by atoms with Crippen molar-refractivity contribution in [1.29, 1.82) is 0 Å². The molecule has 1 aliphatic heterocycles. The molecule has 0 radical (unpaired) electrons. The molecule has 1 aliphatic carbocycles. The molecule has 4 rings (SSSR count). The Balaban J connectivity index is 1.61. The van der Waals surface area contributed by atoms with Gasteiger partial charge in [0.1, 0.15) is 0 Å². The van der Waals surface area contributed by atoms with Gasteiger partial charge in [0.05, 0.1) is 14.9 Å². The molecule has 2 aromatic rings. The van der Waals surface area contributed by atoms with Gasteiger partial charge in [-0.3, -0.25) is 9.59 Å². The summed E-state index contributed by atoms with van der Waals surface area (Å²) >= 11 is 12.1. The van der Waals surface area contributed by atoms with Gasteiger partial charge in [0.25, 0.3) is 5.91 Å². The van der Waals surface area contributed by atoms with Crippen LogP contribution in [0.2, 0.25) is 10.0 Å². The van der Waals surface area contributed by atoms with Crippen LogP contribution >= 0.6 is 23.2 Å². The minimum absolute atomic E-state index is 0.0816. The van der Waals surface area contributed by atoms with Gasteiger partial charge in [0, 0.05) is 31.6 Å². The molecule has 8 nitrogen and oxygen atoms in total. The van der Waals surface area contributed by atoms with Crippen molar-refractivity contribution in [1.82, 2.24) is 14.5 Å². The fourth-order valence-electron chi connectivity index (χ4n) is 4.93. The second kappa shape index (κ2) is 12.1. The number of benzene rings is 2. The van der Waals surface area contributed by atoms with Crippen LogP contribution in [0.5, 0.6) is 0 Å². The number of halogens is 2. The minimum Gasteiger partial charge on any atom is -0.350 e. The van der Waals surface area contributed by atoms with E-state index in [9.17, 15) is 18.0 Å². The lowest BCUT2D eigenvalue weighted by molar-refractivity contribution is -0.147. The summed E-state index contributed by atoms with van der Waals surface area (Å²) in [5, 5.41) is 3.32. The van der Waals surface area contributed by atoms with Gasteiger partial charge in [-0.15, -0.1) is 0 Å². The zero-order valence-electron chi connectivity index (χ0n) is 20.5. The third kappa shape index (κ3) is 6.64. The van der Waals surface area contributed by atoms with Gasteiger partial charge in [-0.1, -0.05) is 53.5 Å². The highest BCUT2D eigenvalue weighted by Gasteiger charge is 2.44. The van der Waals surface area contributed by atoms with Crippen LogP contribution in [0, 0.1) is 0 Å². The van der Waals surface area contributed by atoms with E-state index in [1.54, 1.807) is 0 Å². The predicted molar refractivity (Wildman–Crippen MR) is 144 cm³/mol. The second-order valence-electron chi connectivity index (χ2n) is 9.61. The Morgan fingerprint density at radius 3 is 2.35 bits per heavy atom. The summed E-state index contributed by atoms with van der Waals surface area (Å²) in [5.74, 6) is -0.777. The van der Waals surface area contributed by atoms with Crippen molar-refractivity contribution >= 4 is 45.0 Å². The number of aryl methyl sites for hydroxylation is 1. The average molecular weight is 568 g/mol. The van der Waals surface area contributed by atoms with Crippen molar-refractivity contribution in [3.05, 3.63) is 64.1 Å². The van der Waals surface area contributed by atoms with Crippen molar-refractivity contribution in [2.45, 2.75) is 68.1 Å². The lowest BCUT2D eigenvalue weighted by Gasteiger charge is -2.42. The highest BCUT2D eigenvalue weighted by Crippen LogP contribution is 2.30. The molecule has 1 atom stereocenters. The van der Waals surface area contributed by atoms with Gasteiger partial charge in [-0.05, 0) is 62.3 Å². The number of carbonyl (C=O) groups is 2. The number of nitrogens with zero attached hydrogens (tertiary/aromatic N) is 2. The average Bonchev–Trinajstić information content (AvgIpc) is 2.90. The topological polar surface area (TPSA) is 113 Å². The molecule has 0 aromatic heterocycles. The molecule has 0 spiro atoms. The first-order valence-corrected chi connectivity index (χ1v) is 14.7. The van der Waals surface area contributed by atoms with E-state index in [2.05, 4.69) is 5.32 Å². The Labute approximate surface area is 228 Å². The van der Waals surface area contributed by atoms with Crippen LogP contribution in [0.15, 0.2) is 53.4 Å². The smallest absolute Gasteiger partial charge is 0.259 e. The van der Waals surface area contributed by atoms with Crippen molar-refractivity contribution in [2.75, 3.05) is 13.1 Å². The summed E-state index contributed by atoms with van der Waals surface area (Å²) in [4.78, 5) is 28.4. The number of nitrogens with two attached hydrogens (primary N) is 1. The fraction of sp³-hybridized carbons (Fsp3) is 0.462. The van der Waals surface area contributed by atoms with E-state index in [0.717, 1.165) is 22.7 Å². The van der Waals surface area contributed by atoms with E-state index >= 15 is 0 Å². The molecule has 2 aromatic carbocycles. The molecular formula is C26H32Cl2N4O4S. The van der Waals surface area contributed by atoms with Crippen molar-refractivity contribution in [3.8, 4) is 0 Å². The second-order valence-corrected chi connectivity index (χ2v) is 12.3. The van der Waals surface area contributed by atoms with E-state index in [1.807, 2.05) is 30.3 Å². The lowest BCUT2D eigenvalue weighted by atomic mass is 9.92. The monoisotopic (exact) mass is 566 g/mol. The fourth-order valence-corrected chi connectivity index (χ4v) is 6.92. The minimum atomic E-state index is -4.16. The van der Waals surface area contributed by atoms with E-state index in [-0.39, 0.29) is 52.4 Å². The van der Waals surface area contributed by atoms with Gasteiger partial charge in [-0.2, -0.15) is 4.31 Å². The Kier molecular flexibility index (Phi) is 9.13. The molecule has 1 unspecified atom stereocenters. The first-order valence-electron chi connectivity index (χ1n) is 12.5. The third-order valence-corrected chi connectivity index (χ3v) is 9.58. The maximum atomic E-state index is 13.7. The highest BCUT2D eigenvalue weighted by molar-refractivity contribution is 7.89. The molecule has 3 N–H and O–H groups in total. The van der Waals surface area contributed by atoms with Crippen LogP contribution in [0.25, 0.3) is 0 Å². The Hall–Kier alpha value is -2.17. The third-order valence-electron chi connectivity index (χ3n) is 6.99. The van der Waals surface area contributed by atoms with E-state index in [4.69, 9.17) is 28.9 Å². The standard InChI is InChI=1S/C26H32Cl2N4O4S/c27-22-13-12-21(17-23(22)28)37(35,36)32-16-4-15-31(24(33)14-7-18-5-2-1-3-6-18)26(32)25(34)30-20-10-8-19(29)9-11-20/h1-3,5-6,12-13,17,19-20,26H,4,7-11,14-16,29H2,(H,30,34). The molecule has 2 amide bonds. The first kappa shape index (κ1) is 27.9. The SMILES string of the molecule is NC1CCC(NC(=O)C2N(C(=O)CCc3ccccc3)CCCN2S(=O)(=O)c2ccc(Cl)c(Cl)c2)CC1. The summed E-state index contributed by atoms with van der Waals surface area (Å²) in [5.41, 5.74) is 7.00. The molecule has 2 fully saturated rings. The van der Waals surface area contributed by atoms with Crippen LogP contribution in [-0.2, 0) is 26.0 Å². The summed E-state index contributed by atoms with van der Waals surface area (Å²) in [6, 6.07) is 13.6. The molecule has 0 bridgehead atoms.